The lowest BCUT2D eigenvalue weighted by Gasteiger charge is -2.37. The summed E-state index contributed by atoms with van der Waals surface area (Å²) in [7, 11) is 1.64. The number of para-hydroxylation sites is 1. The van der Waals surface area contributed by atoms with E-state index in [4.69, 9.17) is 4.74 Å². The van der Waals surface area contributed by atoms with Crippen LogP contribution in [0.2, 0.25) is 0 Å². The molecule has 6 heteroatoms. The van der Waals surface area contributed by atoms with E-state index in [1.807, 2.05) is 59.5 Å². The summed E-state index contributed by atoms with van der Waals surface area (Å²) in [6, 6.07) is 17.3. The quantitative estimate of drug-likeness (QED) is 0.769. The van der Waals surface area contributed by atoms with Gasteiger partial charge in [-0.05, 0) is 11.6 Å². The number of hydrogen-bond donors (Lipinski definition) is 2. The summed E-state index contributed by atoms with van der Waals surface area (Å²) >= 11 is 0. The SMILES string of the molecule is COc1ccccc1C1CNCCN1C(=O)CCNC(=O)Cc1ccccc1. The summed E-state index contributed by atoms with van der Waals surface area (Å²) in [5, 5.41) is 6.20. The summed E-state index contributed by atoms with van der Waals surface area (Å²) in [6.45, 7) is 2.43. The standard InChI is InChI=1S/C22H27N3O3/c1-28-20-10-6-5-9-18(20)19-16-23-13-14-25(19)22(27)11-12-24-21(26)15-17-7-3-2-4-8-17/h2-10,19,23H,11-16H2,1H3,(H,24,26). The molecule has 1 saturated heterocycles. The molecule has 0 aromatic heterocycles. The van der Waals surface area contributed by atoms with E-state index in [0.29, 0.717) is 26.1 Å². The van der Waals surface area contributed by atoms with Crippen molar-refractivity contribution in [1.29, 1.82) is 0 Å². The zero-order chi connectivity index (χ0) is 19.8. The van der Waals surface area contributed by atoms with E-state index in [0.717, 1.165) is 23.4 Å². The van der Waals surface area contributed by atoms with Crippen LogP contribution in [0.3, 0.4) is 0 Å². The molecule has 0 radical (unpaired) electrons. The van der Waals surface area contributed by atoms with Gasteiger partial charge in [0, 0.05) is 38.2 Å². The average Bonchev–Trinajstić information content (AvgIpc) is 2.74. The zero-order valence-corrected chi connectivity index (χ0v) is 16.2. The molecule has 0 spiro atoms. The second-order valence-corrected chi connectivity index (χ2v) is 6.81. The molecule has 1 unspecified atom stereocenters. The van der Waals surface area contributed by atoms with Gasteiger partial charge in [-0.2, -0.15) is 0 Å². The van der Waals surface area contributed by atoms with Crippen LogP contribution in [0.25, 0.3) is 0 Å². The molecule has 0 saturated carbocycles. The summed E-state index contributed by atoms with van der Waals surface area (Å²) < 4.78 is 5.47. The van der Waals surface area contributed by atoms with E-state index >= 15 is 0 Å². The molecular formula is C22H27N3O3. The van der Waals surface area contributed by atoms with Crippen molar-refractivity contribution in [3.8, 4) is 5.75 Å². The first kappa shape index (κ1) is 19.9. The maximum absolute atomic E-state index is 12.8. The second kappa shape index (κ2) is 9.90. The predicted molar refractivity (Wildman–Crippen MR) is 108 cm³/mol. The predicted octanol–water partition coefficient (Wildman–Crippen LogP) is 1.92. The normalized spacial score (nSPS) is 16.5. The highest BCUT2D eigenvalue weighted by Gasteiger charge is 2.29. The van der Waals surface area contributed by atoms with Crippen LogP contribution in [0.15, 0.2) is 54.6 Å². The number of methoxy groups -OCH3 is 1. The van der Waals surface area contributed by atoms with Crippen LogP contribution in [0.4, 0.5) is 0 Å². The Bertz CT molecular complexity index is 795. The number of carbonyl (C=O) groups excluding carboxylic acids is 2. The topological polar surface area (TPSA) is 70.7 Å². The number of nitrogens with one attached hydrogen (secondary N) is 2. The van der Waals surface area contributed by atoms with Crippen molar-refractivity contribution >= 4 is 11.8 Å². The summed E-state index contributed by atoms with van der Waals surface area (Å²) in [4.78, 5) is 26.8. The Kier molecular flexibility index (Phi) is 7.03. The third-order valence-corrected chi connectivity index (χ3v) is 4.93. The Morgan fingerprint density at radius 3 is 2.68 bits per heavy atom. The van der Waals surface area contributed by atoms with Crippen molar-refractivity contribution in [2.45, 2.75) is 18.9 Å². The first-order valence-electron chi connectivity index (χ1n) is 9.62. The molecule has 1 fully saturated rings. The fourth-order valence-corrected chi connectivity index (χ4v) is 3.52. The molecule has 1 aliphatic rings. The van der Waals surface area contributed by atoms with Gasteiger partial charge in [-0.25, -0.2) is 0 Å². The first-order chi connectivity index (χ1) is 13.7. The molecule has 0 bridgehead atoms. The molecular weight excluding hydrogens is 354 g/mol. The Morgan fingerprint density at radius 1 is 1.14 bits per heavy atom. The summed E-state index contributed by atoms with van der Waals surface area (Å²) in [5.41, 5.74) is 1.96. The number of carbonyl (C=O) groups is 2. The lowest BCUT2D eigenvalue weighted by Crippen LogP contribution is -2.49. The molecule has 1 aliphatic heterocycles. The van der Waals surface area contributed by atoms with Crippen molar-refractivity contribution in [2.24, 2.45) is 0 Å². The molecule has 3 rings (SSSR count). The number of rotatable bonds is 7. The van der Waals surface area contributed by atoms with E-state index in [1.165, 1.54) is 0 Å². The molecule has 6 nitrogen and oxygen atoms in total. The molecule has 2 amide bonds. The Balaban J connectivity index is 1.55. The van der Waals surface area contributed by atoms with Gasteiger partial charge in [0.15, 0.2) is 0 Å². The van der Waals surface area contributed by atoms with E-state index in [-0.39, 0.29) is 24.3 Å². The fraction of sp³-hybridized carbons (Fsp3) is 0.364. The van der Waals surface area contributed by atoms with Crippen LogP contribution in [0.5, 0.6) is 5.75 Å². The molecule has 1 atom stereocenters. The maximum Gasteiger partial charge on any atom is 0.224 e. The van der Waals surface area contributed by atoms with Gasteiger partial charge in [0.2, 0.25) is 11.8 Å². The highest BCUT2D eigenvalue weighted by Crippen LogP contribution is 2.30. The van der Waals surface area contributed by atoms with Crippen LogP contribution in [0.1, 0.15) is 23.6 Å². The van der Waals surface area contributed by atoms with E-state index in [9.17, 15) is 9.59 Å². The minimum absolute atomic E-state index is 0.0393. The van der Waals surface area contributed by atoms with Gasteiger partial charge in [0.05, 0.1) is 19.6 Å². The minimum atomic E-state index is -0.0718. The minimum Gasteiger partial charge on any atom is -0.496 e. The maximum atomic E-state index is 12.8. The first-order valence-corrected chi connectivity index (χ1v) is 9.62. The third kappa shape index (κ3) is 5.10. The number of piperazine rings is 1. The number of ether oxygens (including phenoxy) is 1. The van der Waals surface area contributed by atoms with Gasteiger partial charge in [-0.15, -0.1) is 0 Å². The molecule has 2 aromatic carbocycles. The number of benzene rings is 2. The van der Waals surface area contributed by atoms with Crippen molar-refractivity contribution in [2.75, 3.05) is 33.3 Å². The summed E-state index contributed by atoms with van der Waals surface area (Å²) in [6.07, 6.45) is 0.610. The Labute approximate surface area is 165 Å². The summed E-state index contributed by atoms with van der Waals surface area (Å²) in [5.74, 6) is 0.753. The van der Waals surface area contributed by atoms with Crippen LogP contribution in [-0.4, -0.2) is 50.0 Å². The van der Waals surface area contributed by atoms with Crippen molar-refractivity contribution in [1.82, 2.24) is 15.5 Å². The van der Waals surface area contributed by atoms with Crippen molar-refractivity contribution < 1.29 is 14.3 Å². The Hall–Kier alpha value is -2.86. The van der Waals surface area contributed by atoms with Crippen LogP contribution in [-0.2, 0) is 16.0 Å². The molecule has 2 aromatic rings. The highest BCUT2D eigenvalue weighted by molar-refractivity contribution is 5.80. The van der Waals surface area contributed by atoms with E-state index in [1.54, 1.807) is 7.11 Å². The van der Waals surface area contributed by atoms with Crippen molar-refractivity contribution in [3.05, 3.63) is 65.7 Å². The van der Waals surface area contributed by atoms with Gasteiger partial charge in [0.25, 0.3) is 0 Å². The van der Waals surface area contributed by atoms with Gasteiger partial charge in [0.1, 0.15) is 5.75 Å². The largest absolute Gasteiger partial charge is 0.496 e. The van der Waals surface area contributed by atoms with E-state index < -0.39 is 0 Å². The lowest BCUT2D eigenvalue weighted by atomic mass is 10.0. The van der Waals surface area contributed by atoms with Crippen molar-refractivity contribution in [3.63, 3.8) is 0 Å². The van der Waals surface area contributed by atoms with E-state index in [2.05, 4.69) is 10.6 Å². The zero-order valence-electron chi connectivity index (χ0n) is 16.2. The highest BCUT2D eigenvalue weighted by atomic mass is 16.5. The molecule has 1 heterocycles. The average molecular weight is 381 g/mol. The van der Waals surface area contributed by atoms with Gasteiger partial charge >= 0.3 is 0 Å². The lowest BCUT2D eigenvalue weighted by molar-refractivity contribution is -0.134. The Morgan fingerprint density at radius 2 is 1.89 bits per heavy atom. The molecule has 148 valence electrons. The third-order valence-electron chi connectivity index (χ3n) is 4.93. The monoisotopic (exact) mass is 381 g/mol. The van der Waals surface area contributed by atoms with Gasteiger partial charge < -0.3 is 20.3 Å². The second-order valence-electron chi connectivity index (χ2n) is 6.81. The van der Waals surface area contributed by atoms with Crippen LogP contribution >= 0.6 is 0 Å². The van der Waals surface area contributed by atoms with Gasteiger partial charge in [-0.3, -0.25) is 9.59 Å². The molecule has 2 N–H and O–H groups in total. The smallest absolute Gasteiger partial charge is 0.224 e. The van der Waals surface area contributed by atoms with Crippen LogP contribution < -0.4 is 15.4 Å². The number of nitrogens with zero attached hydrogens (tertiary/aromatic N) is 1. The number of amides is 2. The molecule has 0 aliphatic carbocycles. The number of hydrogen-bond acceptors (Lipinski definition) is 4. The van der Waals surface area contributed by atoms with Crippen LogP contribution in [0, 0.1) is 0 Å². The fourth-order valence-electron chi connectivity index (χ4n) is 3.52. The molecule has 28 heavy (non-hydrogen) atoms. The van der Waals surface area contributed by atoms with Gasteiger partial charge in [-0.1, -0.05) is 48.5 Å².